The Balaban J connectivity index is 1.31. The normalized spacial score (nSPS) is 46.3. The van der Waals surface area contributed by atoms with Crippen molar-refractivity contribution in [2.45, 2.75) is 99.9 Å². The van der Waals surface area contributed by atoms with E-state index in [4.69, 9.17) is 37.9 Å². The molecule has 0 aromatic heterocycles. The van der Waals surface area contributed by atoms with Gasteiger partial charge in [-0.25, -0.2) is 4.79 Å². The third-order valence-electron chi connectivity index (χ3n) is 10.8. The van der Waals surface area contributed by atoms with Crippen LogP contribution in [-0.4, -0.2) is 166 Å². The molecule has 0 radical (unpaired) electrons. The summed E-state index contributed by atoms with van der Waals surface area (Å²) in [5.74, 6) is -5.99. The highest BCUT2D eigenvalue weighted by molar-refractivity contribution is 5.89. The van der Waals surface area contributed by atoms with Crippen LogP contribution >= 0.6 is 0 Å². The van der Waals surface area contributed by atoms with Crippen LogP contribution in [0.3, 0.4) is 0 Å². The summed E-state index contributed by atoms with van der Waals surface area (Å²) < 4.78 is 45.2. The standard InChI is InChI=1S/C33H48O19/c1-4-13-14(5-6-34)16(10-46-30(13)51-32-26(41)24(39)22(37)19(8-35)49-32)29(44)48-18-7-15-17(28(43)45-3)11-47-31(21(15)12(18)2)52-33-27(42)25(40)23(38)20(9-36)50-33/h4,6,11-16,18-27,30-33,35-42H,1,5,7-10H2,2-3H3/t12-,13+,14-,15+,16-,18-,19+,20+,21+,22+,23+,24-,25-,26+,27+,30-,31-,32-,33-/m0/s1. The lowest BCUT2D eigenvalue weighted by Crippen LogP contribution is -2.60. The van der Waals surface area contributed by atoms with Crippen LogP contribution in [0.4, 0.5) is 0 Å². The topological polar surface area (TPSA) is 287 Å². The summed E-state index contributed by atoms with van der Waals surface area (Å²) in [5.41, 5.74) is 0.131. The number of ether oxygens (including phenoxy) is 8. The number of methoxy groups -OCH3 is 1. The van der Waals surface area contributed by atoms with Crippen molar-refractivity contribution < 1.29 is 93.1 Å². The SMILES string of the molecule is C=C[C@H]1[C@H](O[C@@H]2O[C@H](CO)[C@@H](O)[C@H](O)[C@H]2O)OC[C@H](C(=O)O[C@H]2C[C@@H]3C(C(=O)OC)=CO[C@@H](O[C@@H]4O[C@H](CO)[C@@H](O)[C@H](O)[C@H]4O)[C@@H]3[C@H]2C)[C@H]1CC=O. The molecular formula is C33H48O19. The zero-order chi connectivity index (χ0) is 38.0. The van der Waals surface area contributed by atoms with Crippen molar-refractivity contribution in [2.24, 2.45) is 35.5 Å². The minimum absolute atomic E-state index is 0.107. The molecule has 0 unspecified atom stereocenters. The number of carbonyl (C=O) groups is 3. The van der Waals surface area contributed by atoms with Crippen LogP contribution in [0.15, 0.2) is 24.5 Å². The molecule has 1 saturated carbocycles. The lowest BCUT2D eigenvalue weighted by molar-refractivity contribution is -0.351. The monoisotopic (exact) mass is 748 g/mol. The number of aliphatic hydroxyl groups is 8. The van der Waals surface area contributed by atoms with Gasteiger partial charge in [-0.05, 0) is 12.3 Å². The smallest absolute Gasteiger partial charge is 0.337 e. The fourth-order valence-electron chi connectivity index (χ4n) is 7.78. The second-order valence-electron chi connectivity index (χ2n) is 13.7. The second-order valence-corrected chi connectivity index (χ2v) is 13.7. The lowest BCUT2D eigenvalue weighted by Gasteiger charge is -2.44. The zero-order valence-corrected chi connectivity index (χ0v) is 28.5. The van der Waals surface area contributed by atoms with Gasteiger partial charge in [-0.1, -0.05) is 13.0 Å². The molecule has 0 bridgehead atoms. The van der Waals surface area contributed by atoms with Crippen molar-refractivity contribution in [1.29, 1.82) is 0 Å². The molecule has 19 atom stereocenters. The number of rotatable bonds is 12. The highest BCUT2D eigenvalue weighted by Crippen LogP contribution is 2.49. The van der Waals surface area contributed by atoms with Crippen LogP contribution in [0, 0.1) is 35.5 Å². The van der Waals surface area contributed by atoms with Gasteiger partial charge < -0.3 is 83.5 Å². The van der Waals surface area contributed by atoms with Crippen LogP contribution in [0.25, 0.3) is 0 Å². The Morgan fingerprint density at radius 1 is 0.885 bits per heavy atom. The van der Waals surface area contributed by atoms with E-state index < -0.39 is 141 Å². The first kappa shape index (κ1) is 40.6. The number of aldehydes is 1. The summed E-state index contributed by atoms with van der Waals surface area (Å²) in [4.78, 5) is 38.4. The first-order chi connectivity index (χ1) is 24.8. The summed E-state index contributed by atoms with van der Waals surface area (Å²) in [6.45, 7) is 3.84. The first-order valence-corrected chi connectivity index (χ1v) is 17.1. The first-order valence-electron chi connectivity index (χ1n) is 17.1. The maximum absolute atomic E-state index is 13.9. The summed E-state index contributed by atoms with van der Waals surface area (Å²) in [7, 11) is 1.19. The van der Waals surface area contributed by atoms with E-state index >= 15 is 0 Å². The molecule has 4 fully saturated rings. The average molecular weight is 749 g/mol. The Morgan fingerprint density at radius 2 is 1.46 bits per heavy atom. The Kier molecular flexibility index (Phi) is 13.4. The molecule has 0 spiro atoms. The van der Waals surface area contributed by atoms with E-state index in [0.717, 1.165) is 6.26 Å². The van der Waals surface area contributed by atoms with Crippen molar-refractivity contribution in [3.05, 3.63) is 24.5 Å². The summed E-state index contributed by atoms with van der Waals surface area (Å²) in [6, 6.07) is 0. The maximum Gasteiger partial charge on any atom is 0.337 e. The number of hydrogen-bond donors (Lipinski definition) is 8. The van der Waals surface area contributed by atoms with Gasteiger partial charge in [0.05, 0.1) is 44.7 Å². The molecule has 0 amide bonds. The van der Waals surface area contributed by atoms with Gasteiger partial charge in [-0.15, -0.1) is 6.58 Å². The van der Waals surface area contributed by atoms with Crippen molar-refractivity contribution >= 4 is 18.2 Å². The van der Waals surface area contributed by atoms with E-state index in [1.165, 1.54) is 13.2 Å². The van der Waals surface area contributed by atoms with Gasteiger partial charge in [-0.3, -0.25) is 4.79 Å². The van der Waals surface area contributed by atoms with E-state index in [2.05, 4.69) is 6.58 Å². The largest absolute Gasteiger partial charge is 0.472 e. The van der Waals surface area contributed by atoms with Crippen LogP contribution in [0.5, 0.6) is 0 Å². The van der Waals surface area contributed by atoms with Crippen molar-refractivity contribution in [1.82, 2.24) is 0 Å². The molecule has 0 aromatic rings. The van der Waals surface area contributed by atoms with Gasteiger partial charge in [-0.2, -0.15) is 0 Å². The van der Waals surface area contributed by atoms with Gasteiger partial charge in [0.15, 0.2) is 18.9 Å². The number of esters is 2. The van der Waals surface area contributed by atoms with E-state index in [1.807, 2.05) is 0 Å². The fourth-order valence-corrected chi connectivity index (χ4v) is 7.78. The molecule has 0 aromatic carbocycles. The molecule has 19 heteroatoms. The van der Waals surface area contributed by atoms with Crippen molar-refractivity contribution in [3.8, 4) is 0 Å². The Morgan fingerprint density at radius 3 is 1.98 bits per heavy atom. The fraction of sp³-hybridized carbons (Fsp3) is 0.788. The molecule has 294 valence electrons. The molecule has 5 aliphatic rings. The van der Waals surface area contributed by atoms with Crippen LogP contribution in [0.2, 0.25) is 0 Å². The molecule has 4 aliphatic heterocycles. The Hall–Kier alpha value is -2.63. The van der Waals surface area contributed by atoms with Crippen molar-refractivity contribution in [2.75, 3.05) is 26.9 Å². The molecule has 3 saturated heterocycles. The minimum Gasteiger partial charge on any atom is -0.472 e. The molecule has 5 rings (SSSR count). The van der Waals surface area contributed by atoms with E-state index in [1.54, 1.807) is 6.92 Å². The highest BCUT2D eigenvalue weighted by Gasteiger charge is 2.56. The molecule has 4 heterocycles. The van der Waals surface area contributed by atoms with Gasteiger partial charge >= 0.3 is 11.9 Å². The molecule has 8 N–H and O–H groups in total. The van der Waals surface area contributed by atoms with Gasteiger partial charge in [0.2, 0.25) is 6.29 Å². The third kappa shape index (κ3) is 7.79. The Labute approximate surface area is 298 Å². The molecular weight excluding hydrogens is 700 g/mol. The number of aliphatic hydroxyl groups excluding tert-OH is 8. The minimum atomic E-state index is -1.73. The second kappa shape index (κ2) is 17.2. The third-order valence-corrected chi connectivity index (χ3v) is 10.8. The van der Waals surface area contributed by atoms with Gasteiger partial charge in [0, 0.05) is 30.1 Å². The van der Waals surface area contributed by atoms with Crippen molar-refractivity contribution in [3.63, 3.8) is 0 Å². The Bertz CT molecular complexity index is 1290. The van der Waals surface area contributed by atoms with E-state index in [9.17, 15) is 55.2 Å². The average Bonchev–Trinajstić information content (AvgIpc) is 3.47. The van der Waals surface area contributed by atoms with Crippen LogP contribution < -0.4 is 0 Å². The molecule has 1 aliphatic carbocycles. The predicted molar refractivity (Wildman–Crippen MR) is 166 cm³/mol. The maximum atomic E-state index is 13.9. The van der Waals surface area contributed by atoms with E-state index in [-0.39, 0.29) is 25.0 Å². The summed E-state index contributed by atoms with van der Waals surface area (Å²) in [5, 5.41) is 80.9. The lowest BCUT2D eigenvalue weighted by atomic mass is 9.77. The molecule has 19 nitrogen and oxygen atoms in total. The summed E-state index contributed by atoms with van der Waals surface area (Å²) >= 11 is 0. The quantitative estimate of drug-likeness (QED) is 0.0539. The highest BCUT2D eigenvalue weighted by atomic mass is 16.8. The number of fused-ring (bicyclic) bond motifs is 1. The number of hydrogen-bond acceptors (Lipinski definition) is 19. The van der Waals surface area contributed by atoms with E-state index in [0.29, 0.717) is 6.29 Å². The zero-order valence-electron chi connectivity index (χ0n) is 28.5. The van der Waals surface area contributed by atoms with Crippen LogP contribution in [0.1, 0.15) is 19.8 Å². The molecule has 52 heavy (non-hydrogen) atoms. The summed E-state index contributed by atoms with van der Waals surface area (Å²) in [6.07, 6.45) is -15.9. The predicted octanol–water partition coefficient (Wildman–Crippen LogP) is -3.80. The number of carbonyl (C=O) groups excluding carboxylic acids is 3. The van der Waals surface area contributed by atoms with Gasteiger partial charge in [0.25, 0.3) is 0 Å². The van der Waals surface area contributed by atoms with Gasteiger partial charge in [0.1, 0.15) is 61.2 Å². The van der Waals surface area contributed by atoms with Crippen LogP contribution in [-0.2, 0) is 52.3 Å².